The van der Waals surface area contributed by atoms with Gasteiger partial charge in [-0.05, 0) is 31.4 Å². The van der Waals surface area contributed by atoms with Gasteiger partial charge >= 0.3 is 5.97 Å². The topological polar surface area (TPSA) is 57.5 Å². The maximum Gasteiger partial charge on any atom is 0.304 e. The number of aromatic hydroxyl groups is 1. The van der Waals surface area contributed by atoms with E-state index in [-0.39, 0.29) is 17.2 Å². The van der Waals surface area contributed by atoms with Crippen molar-refractivity contribution in [3.05, 3.63) is 28.3 Å². The van der Waals surface area contributed by atoms with Crippen molar-refractivity contribution >= 4 is 17.6 Å². The highest BCUT2D eigenvalue weighted by Crippen LogP contribution is 2.55. The molecule has 0 aromatic heterocycles. The van der Waals surface area contributed by atoms with Crippen LogP contribution in [0.1, 0.15) is 30.4 Å². The third-order valence-corrected chi connectivity index (χ3v) is 3.52. The zero-order chi connectivity index (χ0) is 11.9. The Labute approximate surface area is 98.7 Å². The first kappa shape index (κ1) is 11.3. The lowest BCUT2D eigenvalue weighted by Gasteiger charge is -2.18. The first-order chi connectivity index (χ1) is 7.46. The number of carboxylic acid groups (broad SMARTS) is 1. The maximum absolute atomic E-state index is 10.8. The molecule has 0 amide bonds. The molecule has 4 heteroatoms. The SMILES string of the molecule is Cc1ccc(Cl)c(O)c1C1(CC(=O)O)CC1. The highest BCUT2D eigenvalue weighted by atomic mass is 35.5. The van der Waals surface area contributed by atoms with Crippen LogP contribution in [0.2, 0.25) is 5.02 Å². The van der Waals surface area contributed by atoms with E-state index in [1.165, 1.54) is 0 Å². The monoisotopic (exact) mass is 240 g/mol. The number of aliphatic carboxylic acids is 1. The fourth-order valence-corrected chi connectivity index (χ4v) is 2.45. The molecule has 0 radical (unpaired) electrons. The van der Waals surface area contributed by atoms with Gasteiger partial charge in [0, 0.05) is 11.0 Å². The van der Waals surface area contributed by atoms with Crippen LogP contribution >= 0.6 is 11.6 Å². The lowest BCUT2D eigenvalue weighted by Crippen LogP contribution is -2.14. The van der Waals surface area contributed by atoms with E-state index >= 15 is 0 Å². The minimum absolute atomic E-state index is 0.0421. The number of carbonyl (C=O) groups is 1. The Kier molecular flexibility index (Phi) is 2.58. The predicted octanol–water partition coefficient (Wildman–Crippen LogP) is 2.86. The largest absolute Gasteiger partial charge is 0.506 e. The summed E-state index contributed by atoms with van der Waals surface area (Å²) in [6.07, 6.45) is 1.66. The number of rotatable bonds is 3. The molecule has 0 saturated heterocycles. The van der Waals surface area contributed by atoms with Crippen LogP contribution in [-0.2, 0) is 10.2 Å². The number of hydrogen-bond acceptors (Lipinski definition) is 2. The number of halogens is 1. The fourth-order valence-electron chi connectivity index (χ4n) is 2.29. The summed E-state index contributed by atoms with van der Waals surface area (Å²) in [6, 6.07) is 3.45. The van der Waals surface area contributed by atoms with Gasteiger partial charge in [0.15, 0.2) is 0 Å². The molecule has 1 aromatic rings. The Morgan fingerprint density at radius 2 is 2.12 bits per heavy atom. The molecule has 1 aliphatic carbocycles. The van der Waals surface area contributed by atoms with Crippen molar-refractivity contribution in [1.29, 1.82) is 0 Å². The molecule has 1 aromatic carbocycles. The van der Waals surface area contributed by atoms with E-state index < -0.39 is 11.4 Å². The minimum Gasteiger partial charge on any atom is -0.506 e. The average Bonchev–Trinajstić information content (AvgIpc) is 2.92. The van der Waals surface area contributed by atoms with Crippen LogP contribution in [0.15, 0.2) is 12.1 Å². The lowest BCUT2D eigenvalue weighted by molar-refractivity contribution is -0.137. The lowest BCUT2D eigenvalue weighted by atomic mass is 9.88. The molecule has 1 aliphatic rings. The van der Waals surface area contributed by atoms with Crippen LogP contribution in [0.25, 0.3) is 0 Å². The summed E-state index contributed by atoms with van der Waals surface area (Å²) in [4.78, 5) is 10.8. The van der Waals surface area contributed by atoms with Crippen LogP contribution < -0.4 is 0 Å². The molecule has 2 rings (SSSR count). The molecule has 2 N–H and O–H groups in total. The standard InChI is InChI=1S/C12H13ClO3/c1-7-2-3-8(13)11(16)10(7)12(4-5-12)6-9(14)15/h2-3,16H,4-6H2,1H3,(H,14,15). The van der Waals surface area contributed by atoms with Gasteiger partial charge < -0.3 is 10.2 Å². The summed E-state index contributed by atoms with van der Waals surface area (Å²) in [7, 11) is 0. The fraction of sp³-hybridized carbons (Fsp3) is 0.417. The molecule has 0 spiro atoms. The third-order valence-electron chi connectivity index (χ3n) is 3.21. The molecular weight excluding hydrogens is 228 g/mol. The Balaban J connectivity index is 2.48. The van der Waals surface area contributed by atoms with Gasteiger partial charge in [-0.15, -0.1) is 0 Å². The summed E-state index contributed by atoms with van der Waals surface area (Å²) in [6.45, 7) is 1.87. The normalized spacial score (nSPS) is 17.1. The van der Waals surface area contributed by atoms with Gasteiger partial charge in [0.25, 0.3) is 0 Å². The molecule has 16 heavy (non-hydrogen) atoms. The predicted molar refractivity (Wildman–Crippen MR) is 61.0 cm³/mol. The molecule has 86 valence electrons. The average molecular weight is 241 g/mol. The molecule has 0 atom stereocenters. The smallest absolute Gasteiger partial charge is 0.304 e. The van der Waals surface area contributed by atoms with Crippen molar-refractivity contribution in [2.45, 2.75) is 31.6 Å². The van der Waals surface area contributed by atoms with Gasteiger partial charge in [0.2, 0.25) is 0 Å². The second-order valence-electron chi connectivity index (χ2n) is 4.44. The number of phenolic OH excluding ortho intramolecular Hbond substituents is 1. The Bertz CT molecular complexity index is 450. The molecule has 0 bridgehead atoms. The molecule has 0 aliphatic heterocycles. The van der Waals surface area contributed by atoms with Crippen molar-refractivity contribution in [3.63, 3.8) is 0 Å². The van der Waals surface area contributed by atoms with E-state index in [0.717, 1.165) is 18.4 Å². The zero-order valence-electron chi connectivity index (χ0n) is 8.96. The van der Waals surface area contributed by atoms with Gasteiger partial charge in [-0.3, -0.25) is 4.79 Å². The summed E-state index contributed by atoms with van der Waals surface area (Å²) < 4.78 is 0. The zero-order valence-corrected chi connectivity index (χ0v) is 9.71. The van der Waals surface area contributed by atoms with Gasteiger partial charge in [0.05, 0.1) is 11.4 Å². The van der Waals surface area contributed by atoms with E-state index in [1.807, 2.05) is 13.0 Å². The van der Waals surface area contributed by atoms with Crippen LogP contribution in [0.3, 0.4) is 0 Å². The number of benzene rings is 1. The Morgan fingerprint density at radius 1 is 1.50 bits per heavy atom. The van der Waals surface area contributed by atoms with Crippen LogP contribution in [-0.4, -0.2) is 16.2 Å². The minimum atomic E-state index is -0.837. The van der Waals surface area contributed by atoms with E-state index in [0.29, 0.717) is 5.56 Å². The molecule has 0 unspecified atom stereocenters. The molecule has 1 fully saturated rings. The van der Waals surface area contributed by atoms with E-state index in [9.17, 15) is 9.90 Å². The summed E-state index contributed by atoms with van der Waals surface area (Å²) >= 11 is 5.86. The van der Waals surface area contributed by atoms with Crippen LogP contribution in [0.5, 0.6) is 5.75 Å². The van der Waals surface area contributed by atoms with Crippen molar-refractivity contribution in [1.82, 2.24) is 0 Å². The summed E-state index contributed by atoms with van der Waals surface area (Å²) in [5.41, 5.74) is 1.22. The van der Waals surface area contributed by atoms with E-state index in [1.54, 1.807) is 6.07 Å². The third kappa shape index (κ3) is 1.76. The van der Waals surface area contributed by atoms with E-state index in [2.05, 4.69) is 0 Å². The van der Waals surface area contributed by atoms with Crippen LogP contribution in [0, 0.1) is 6.92 Å². The van der Waals surface area contributed by atoms with Crippen molar-refractivity contribution in [2.24, 2.45) is 0 Å². The molecule has 0 heterocycles. The van der Waals surface area contributed by atoms with Crippen molar-refractivity contribution < 1.29 is 15.0 Å². The number of phenols is 1. The molecular formula is C12H13ClO3. The quantitative estimate of drug-likeness (QED) is 0.854. The second kappa shape index (κ2) is 3.67. The Morgan fingerprint density at radius 3 is 2.62 bits per heavy atom. The first-order valence-electron chi connectivity index (χ1n) is 5.17. The number of hydrogen-bond donors (Lipinski definition) is 2. The van der Waals surface area contributed by atoms with Gasteiger partial charge in [-0.25, -0.2) is 0 Å². The van der Waals surface area contributed by atoms with Crippen LogP contribution in [0.4, 0.5) is 0 Å². The van der Waals surface area contributed by atoms with Gasteiger partial charge in [-0.2, -0.15) is 0 Å². The van der Waals surface area contributed by atoms with Gasteiger partial charge in [-0.1, -0.05) is 17.7 Å². The second-order valence-corrected chi connectivity index (χ2v) is 4.85. The summed E-state index contributed by atoms with van der Waals surface area (Å²) in [5, 5.41) is 19.1. The first-order valence-corrected chi connectivity index (χ1v) is 5.54. The number of carboxylic acids is 1. The number of aryl methyl sites for hydroxylation is 1. The van der Waals surface area contributed by atoms with Crippen molar-refractivity contribution in [3.8, 4) is 5.75 Å². The van der Waals surface area contributed by atoms with E-state index in [4.69, 9.17) is 16.7 Å². The highest BCUT2D eigenvalue weighted by Gasteiger charge is 2.48. The molecule has 1 saturated carbocycles. The van der Waals surface area contributed by atoms with Gasteiger partial charge in [0.1, 0.15) is 5.75 Å². The maximum atomic E-state index is 10.8. The molecule has 3 nitrogen and oxygen atoms in total. The summed E-state index contributed by atoms with van der Waals surface area (Å²) in [5.74, 6) is -0.795. The highest BCUT2D eigenvalue weighted by molar-refractivity contribution is 6.32. The van der Waals surface area contributed by atoms with Crippen molar-refractivity contribution in [2.75, 3.05) is 0 Å². The Hall–Kier alpha value is -1.22.